The first-order chi connectivity index (χ1) is 17.3. The smallest absolute Gasteiger partial charge is 0.268 e. The topological polar surface area (TPSA) is 77.1 Å². The van der Waals surface area contributed by atoms with Crippen LogP contribution in [0.3, 0.4) is 0 Å². The molecule has 0 bridgehead atoms. The van der Waals surface area contributed by atoms with Crippen LogP contribution >= 0.6 is 7.82 Å². The lowest BCUT2D eigenvalue weighted by molar-refractivity contribution is -0.896. The fourth-order valence-electron chi connectivity index (χ4n) is 4.79. The molecule has 1 rings (SSSR count). The van der Waals surface area contributed by atoms with E-state index in [9.17, 15) is 9.46 Å². The Kier molecular flexibility index (Phi) is 19.7. The van der Waals surface area contributed by atoms with Gasteiger partial charge in [0.1, 0.15) is 0 Å². The van der Waals surface area contributed by atoms with Gasteiger partial charge in [-0.1, -0.05) is 90.4 Å². The molecule has 0 radical (unpaired) electrons. The highest BCUT2D eigenvalue weighted by molar-refractivity contribution is 7.45. The molecule has 1 heterocycles. The van der Waals surface area contributed by atoms with Crippen LogP contribution in [0.5, 0.6) is 0 Å². The number of nitrogens with zero attached hydrogens (tertiary/aromatic N) is 1. The fraction of sp³-hybridized carbons (Fsp3) is 1.00. The summed E-state index contributed by atoms with van der Waals surface area (Å²) in [6.45, 7) is 5.64. The lowest BCUT2D eigenvalue weighted by atomic mass is 10.0. The summed E-state index contributed by atoms with van der Waals surface area (Å²) >= 11 is 0. The number of rotatable bonds is 24. The minimum atomic E-state index is -4.32. The van der Waals surface area contributed by atoms with E-state index in [0.717, 1.165) is 36.8 Å². The van der Waals surface area contributed by atoms with Crippen LogP contribution in [0, 0.1) is 5.92 Å². The second-order valence-electron chi connectivity index (χ2n) is 11.4. The second kappa shape index (κ2) is 20.9. The second-order valence-corrected chi connectivity index (χ2v) is 12.8. The first-order valence-corrected chi connectivity index (χ1v) is 16.3. The summed E-state index contributed by atoms with van der Waals surface area (Å²) < 4.78 is 34.7. The molecule has 1 aliphatic rings. The van der Waals surface area contributed by atoms with Gasteiger partial charge in [0.15, 0.2) is 0 Å². The van der Waals surface area contributed by atoms with Crippen LogP contribution < -0.4 is 4.89 Å². The largest absolute Gasteiger partial charge is 0.756 e. The van der Waals surface area contributed by atoms with Crippen molar-refractivity contribution >= 4 is 7.82 Å². The first-order valence-electron chi connectivity index (χ1n) is 14.8. The van der Waals surface area contributed by atoms with E-state index >= 15 is 0 Å². The molecule has 0 amide bonds. The number of likely N-dealkylation sites (tertiary alicyclic amines) is 1. The van der Waals surface area contributed by atoms with Crippen LogP contribution in [-0.2, 0) is 23.1 Å². The highest BCUT2D eigenvalue weighted by Gasteiger charge is 2.29. The van der Waals surface area contributed by atoms with E-state index in [1.165, 1.54) is 83.5 Å². The van der Waals surface area contributed by atoms with Gasteiger partial charge in [-0.25, -0.2) is 0 Å². The van der Waals surface area contributed by atoms with E-state index in [-0.39, 0.29) is 18.6 Å². The summed E-state index contributed by atoms with van der Waals surface area (Å²) in [5.74, 6) is -0.130. The van der Waals surface area contributed by atoms with E-state index in [1.807, 2.05) is 0 Å². The number of phosphoric acid groups is 1. The molecule has 216 valence electrons. The average Bonchev–Trinajstić information content (AvgIpc) is 2.83. The summed E-state index contributed by atoms with van der Waals surface area (Å²) in [5.41, 5.74) is 0. The van der Waals surface area contributed by atoms with E-state index in [2.05, 4.69) is 21.0 Å². The third-order valence-electron chi connectivity index (χ3n) is 7.26. The lowest BCUT2D eigenvalue weighted by Gasteiger charge is -2.38. The molecule has 0 aliphatic carbocycles. The Balaban J connectivity index is 2.00. The standard InChI is InChI=1S/C28H58NO6P/c1-5-6-7-8-9-10-11-12-13-14-15-16-17-18-23-33-25-27(24-32-4)26-34-36(30,31)35-28-19-21-29(2,3)22-20-28/h27-28H,5-26H2,1-4H3. The summed E-state index contributed by atoms with van der Waals surface area (Å²) in [6, 6.07) is 0. The molecular formula is C28H58NO6P. The van der Waals surface area contributed by atoms with E-state index < -0.39 is 7.82 Å². The van der Waals surface area contributed by atoms with Gasteiger partial charge in [0.2, 0.25) is 0 Å². The van der Waals surface area contributed by atoms with Crippen molar-refractivity contribution in [3.05, 3.63) is 0 Å². The molecule has 36 heavy (non-hydrogen) atoms. The van der Waals surface area contributed by atoms with Crippen LogP contribution in [0.2, 0.25) is 0 Å². The molecule has 8 heteroatoms. The molecule has 1 saturated heterocycles. The molecule has 0 N–H and O–H groups in total. The SMILES string of the molecule is CCCCCCCCCCCCCCCCOCC(COC)COP(=O)([O-])OC1CC[N+](C)(C)CC1. The zero-order valence-corrected chi connectivity index (χ0v) is 24.9. The normalized spacial score (nSPS) is 18.8. The minimum Gasteiger partial charge on any atom is -0.756 e. The van der Waals surface area contributed by atoms with Gasteiger partial charge in [-0.2, -0.15) is 0 Å². The Bertz CT molecular complexity index is 552. The number of phosphoric ester groups is 1. The number of hydrogen-bond acceptors (Lipinski definition) is 6. The molecule has 1 aliphatic heterocycles. The molecule has 7 nitrogen and oxygen atoms in total. The lowest BCUT2D eigenvalue weighted by Crippen LogP contribution is -2.48. The molecule has 1 fully saturated rings. The summed E-state index contributed by atoms with van der Waals surface area (Å²) in [7, 11) is 1.58. The van der Waals surface area contributed by atoms with Crippen molar-refractivity contribution in [2.24, 2.45) is 5.92 Å². The molecule has 0 spiro atoms. The Morgan fingerprint density at radius 1 is 0.806 bits per heavy atom. The van der Waals surface area contributed by atoms with Crippen molar-refractivity contribution in [2.45, 2.75) is 116 Å². The maximum Gasteiger partial charge on any atom is 0.268 e. The molecule has 2 atom stereocenters. The summed E-state index contributed by atoms with van der Waals surface area (Å²) in [5, 5.41) is 0. The summed E-state index contributed by atoms with van der Waals surface area (Å²) in [6.07, 6.45) is 19.9. The van der Waals surface area contributed by atoms with Crippen LogP contribution in [0.15, 0.2) is 0 Å². The van der Waals surface area contributed by atoms with Crippen molar-refractivity contribution < 1.29 is 32.5 Å². The highest BCUT2D eigenvalue weighted by Crippen LogP contribution is 2.42. The third kappa shape index (κ3) is 19.1. The molecule has 0 aromatic rings. The van der Waals surface area contributed by atoms with Gasteiger partial charge in [-0.15, -0.1) is 0 Å². The molecule has 0 aromatic carbocycles. The number of quaternary nitrogens is 1. The number of hydrogen-bond donors (Lipinski definition) is 0. The Hall–Kier alpha value is -0.0100. The Morgan fingerprint density at radius 2 is 1.31 bits per heavy atom. The predicted octanol–water partition coefficient (Wildman–Crippen LogP) is 6.49. The van der Waals surface area contributed by atoms with Gasteiger partial charge in [-0.05, 0) is 6.42 Å². The predicted molar refractivity (Wildman–Crippen MR) is 146 cm³/mol. The van der Waals surface area contributed by atoms with Crippen molar-refractivity contribution in [1.29, 1.82) is 0 Å². The quantitative estimate of drug-likeness (QED) is 0.0799. The number of methoxy groups -OCH3 is 1. The van der Waals surface area contributed by atoms with E-state index in [4.69, 9.17) is 18.5 Å². The van der Waals surface area contributed by atoms with E-state index in [0.29, 0.717) is 19.8 Å². The Morgan fingerprint density at radius 3 is 1.81 bits per heavy atom. The number of unbranched alkanes of at least 4 members (excludes halogenated alkanes) is 13. The summed E-state index contributed by atoms with van der Waals surface area (Å²) in [4.78, 5) is 12.3. The number of piperidine rings is 1. The van der Waals surface area contributed by atoms with Crippen LogP contribution in [0.1, 0.15) is 110 Å². The van der Waals surface area contributed by atoms with Crippen molar-refractivity contribution in [3.8, 4) is 0 Å². The van der Waals surface area contributed by atoms with Crippen molar-refractivity contribution in [1.82, 2.24) is 0 Å². The van der Waals surface area contributed by atoms with Crippen molar-refractivity contribution in [3.63, 3.8) is 0 Å². The maximum absolute atomic E-state index is 12.3. The van der Waals surface area contributed by atoms with Gasteiger partial charge < -0.3 is 27.9 Å². The van der Waals surface area contributed by atoms with Crippen LogP contribution in [0.4, 0.5) is 0 Å². The molecule has 0 aromatic heterocycles. The monoisotopic (exact) mass is 535 g/mol. The van der Waals surface area contributed by atoms with Crippen molar-refractivity contribution in [2.75, 3.05) is 60.7 Å². The molecule has 0 saturated carbocycles. The van der Waals surface area contributed by atoms with Gasteiger partial charge in [-0.3, -0.25) is 4.57 Å². The first kappa shape index (κ1) is 34.0. The zero-order valence-electron chi connectivity index (χ0n) is 24.1. The minimum absolute atomic E-state index is 0.0294. The van der Waals surface area contributed by atoms with Crippen LogP contribution in [-0.4, -0.2) is 71.3 Å². The zero-order chi connectivity index (χ0) is 26.5. The van der Waals surface area contributed by atoms with Gasteiger partial charge >= 0.3 is 0 Å². The fourth-order valence-corrected chi connectivity index (χ4v) is 5.82. The average molecular weight is 536 g/mol. The van der Waals surface area contributed by atoms with Gasteiger partial charge in [0.25, 0.3) is 7.82 Å². The Labute approximate surface area is 222 Å². The molecule has 2 unspecified atom stereocenters. The van der Waals surface area contributed by atoms with E-state index in [1.54, 1.807) is 7.11 Å². The maximum atomic E-state index is 12.3. The molecular weight excluding hydrogens is 477 g/mol. The number of ether oxygens (including phenoxy) is 2. The van der Waals surface area contributed by atoms with Gasteiger partial charge in [0.05, 0.1) is 53.1 Å². The third-order valence-corrected chi connectivity index (χ3v) is 8.28. The highest BCUT2D eigenvalue weighted by atomic mass is 31.2. The van der Waals surface area contributed by atoms with Gasteiger partial charge in [0, 0.05) is 32.5 Å². The van der Waals surface area contributed by atoms with Crippen LogP contribution in [0.25, 0.3) is 0 Å².